The first-order valence-corrected chi connectivity index (χ1v) is 8.35. The molecule has 118 valence electrons. The number of rotatable bonds is 6. The smallest absolute Gasteiger partial charge is 0.240 e. The van der Waals surface area contributed by atoms with Gasteiger partial charge in [0.05, 0.1) is 11.5 Å². The average molecular weight is 323 g/mol. The SMILES string of the molecule is Cc1cc(F)ccc1S(=O)(=O)NCCc1ccc(CO)cc1. The largest absolute Gasteiger partial charge is 0.392 e. The molecule has 0 bridgehead atoms. The van der Waals surface area contributed by atoms with Gasteiger partial charge in [-0.05, 0) is 48.2 Å². The van der Waals surface area contributed by atoms with Crippen LogP contribution in [0.4, 0.5) is 4.39 Å². The van der Waals surface area contributed by atoms with Crippen molar-refractivity contribution in [3.63, 3.8) is 0 Å². The number of hydrogen-bond donors (Lipinski definition) is 2. The van der Waals surface area contributed by atoms with Crippen molar-refractivity contribution in [3.05, 3.63) is 65.0 Å². The van der Waals surface area contributed by atoms with Crippen LogP contribution in [-0.4, -0.2) is 20.1 Å². The first kappa shape index (κ1) is 16.6. The predicted octanol–water partition coefficient (Wildman–Crippen LogP) is 2.15. The first-order valence-electron chi connectivity index (χ1n) is 6.87. The Morgan fingerprint density at radius 2 is 1.73 bits per heavy atom. The summed E-state index contributed by atoms with van der Waals surface area (Å²) in [6.07, 6.45) is 0.533. The number of aliphatic hydroxyl groups is 1. The van der Waals surface area contributed by atoms with E-state index in [0.717, 1.165) is 17.2 Å². The lowest BCUT2D eigenvalue weighted by molar-refractivity contribution is 0.282. The lowest BCUT2D eigenvalue weighted by Gasteiger charge is -2.09. The second-order valence-electron chi connectivity index (χ2n) is 5.03. The maximum absolute atomic E-state index is 13.0. The molecule has 0 unspecified atom stereocenters. The van der Waals surface area contributed by atoms with Crippen molar-refractivity contribution in [2.24, 2.45) is 0 Å². The summed E-state index contributed by atoms with van der Waals surface area (Å²) in [5, 5.41) is 8.96. The Bertz CT molecular complexity index is 742. The number of halogens is 1. The molecule has 2 aromatic carbocycles. The minimum absolute atomic E-state index is 0.0171. The molecule has 22 heavy (non-hydrogen) atoms. The maximum atomic E-state index is 13.0. The number of hydrogen-bond acceptors (Lipinski definition) is 3. The lowest BCUT2D eigenvalue weighted by atomic mass is 10.1. The Morgan fingerprint density at radius 3 is 2.32 bits per heavy atom. The summed E-state index contributed by atoms with van der Waals surface area (Å²) < 4.78 is 39.9. The van der Waals surface area contributed by atoms with Gasteiger partial charge in [0.25, 0.3) is 0 Å². The summed E-state index contributed by atoms with van der Waals surface area (Å²) >= 11 is 0. The van der Waals surface area contributed by atoms with Gasteiger partial charge in [-0.1, -0.05) is 24.3 Å². The molecule has 2 N–H and O–H groups in total. The minimum Gasteiger partial charge on any atom is -0.392 e. The minimum atomic E-state index is -3.65. The molecule has 4 nitrogen and oxygen atoms in total. The predicted molar refractivity (Wildman–Crippen MR) is 82.4 cm³/mol. The lowest BCUT2D eigenvalue weighted by Crippen LogP contribution is -2.26. The number of sulfonamides is 1. The molecule has 0 radical (unpaired) electrons. The molecule has 2 aromatic rings. The summed E-state index contributed by atoms with van der Waals surface area (Å²) in [5.41, 5.74) is 2.15. The molecule has 2 rings (SSSR count). The van der Waals surface area contributed by atoms with Gasteiger partial charge in [-0.15, -0.1) is 0 Å². The number of nitrogens with one attached hydrogen (secondary N) is 1. The van der Waals surface area contributed by atoms with Crippen LogP contribution in [-0.2, 0) is 23.1 Å². The fourth-order valence-electron chi connectivity index (χ4n) is 2.13. The van der Waals surface area contributed by atoms with Crippen LogP contribution < -0.4 is 4.72 Å². The Labute approximate surface area is 129 Å². The van der Waals surface area contributed by atoms with Gasteiger partial charge in [0.2, 0.25) is 10.0 Å². The van der Waals surface area contributed by atoms with Crippen molar-refractivity contribution >= 4 is 10.0 Å². The monoisotopic (exact) mass is 323 g/mol. The molecule has 0 aliphatic rings. The van der Waals surface area contributed by atoms with Crippen LogP contribution in [0.25, 0.3) is 0 Å². The summed E-state index contributed by atoms with van der Waals surface area (Å²) in [4.78, 5) is 0.0875. The van der Waals surface area contributed by atoms with E-state index in [1.807, 2.05) is 12.1 Å². The highest BCUT2D eigenvalue weighted by Gasteiger charge is 2.16. The van der Waals surface area contributed by atoms with E-state index < -0.39 is 15.8 Å². The molecule has 0 fully saturated rings. The molecule has 6 heteroatoms. The van der Waals surface area contributed by atoms with Crippen molar-refractivity contribution in [1.29, 1.82) is 0 Å². The van der Waals surface area contributed by atoms with Gasteiger partial charge in [0.15, 0.2) is 0 Å². The zero-order valence-corrected chi connectivity index (χ0v) is 13.0. The van der Waals surface area contributed by atoms with Crippen LogP contribution in [0.2, 0.25) is 0 Å². The van der Waals surface area contributed by atoms with E-state index in [-0.39, 0.29) is 18.0 Å². The first-order chi connectivity index (χ1) is 10.4. The molecule has 0 heterocycles. The topological polar surface area (TPSA) is 66.4 Å². The second-order valence-corrected chi connectivity index (χ2v) is 6.77. The molecule has 0 aliphatic heterocycles. The Morgan fingerprint density at radius 1 is 1.09 bits per heavy atom. The molecular weight excluding hydrogens is 305 g/mol. The number of aliphatic hydroxyl groups excluding tert-OH is 1. The molecule has 0 spiro atoms. The highest BCUT2D eigenvalue weighted by Crippen LogP contribution is 2.16. The molecule has 0 aromatic heterocycles. The van der Waals surface area contributed by atoms with Crippen LogP contribution in [0.1, 0.15) is 16.7 Å². The number of benzene rings is 2. The summed E-state index contributed by atoms with van der Waals surface area (Å²) in [5.74, 6) is -0.458. The molecular formula is C16H18FNO3S. The van der Waals surface area contributed by atoms with E-state index in [1.165, 1.54) is 12.1 Å². The molecule has 0 amide bonds. The maximum Gasteiger partial charge on any atom is 0.240 e. The average Bonchev–Trinajstić information content (AvgIpc) is 2.47. The zero-order valence-electron chi connectivity index (χ0n) is 12.2. The Kier molecular flexibility index (Phi) is 5.28. The Balaban J connectivity index is 2.00. The van der Waals surface area contributed by atoms with E-state index in [4.69, 9.17) is 5.11 Å². The Hall–Kier alpha value is -1.76. The molecule has 0 aliphatic carbocycles. The quantitative estimate of drug-likeness (QED) is 0.856. The summed E-state index contributed by atoms with van der Waals surface area (Å²) in [7, 11) is -3.65. The highest BCUT2D eigenvalue weighted by molar-refractivity contribution is 7.89. The fourth-order valence-corrected chi connectivity index (χ4v) is 3.39. The van der Waals surface area contributed by atoms with Crippen molar-refractivity contribution < 1.29 is 17.9 Å². The third-order valence-corrected chi connectivity index (χ3v) is 4.96. The van der Waals surface area contributed by atoms with Crippen molar-refractivity contribution in [2.75, 3.05) is 6.54 Å². The van der Waals surface area contributed by atoms with E-state index >= 15 is 0 Å². The highest BCUT2D eigenvalue weighted by atomic mass is 32.2. The van der Waals surface area contributed by atoms with Gasteiger partial charge < -0.3 is 5.11 Å². The van der Waals surface area contributed by atoms with E-state index in [0.29, 0.717) is 12.0 Å². The third kappa shape index (κ3) is 4.13. The fraction of sp³-hybridized carbons (Fsp3) is 0.250. The zero-order chi connectivity index (χ0) is 16.2. The van der Waals surface area contributed by atoms with Gasteiger partial charge >= 0.3 is 0 Å². The third-order valence-electron chi connectivity index (χ3n) is 3.34. The van der Waals surface area contributed by atoms with E-state index in [1.54, 1.807) is 19.1 Å². The van der Waals surface area contributed by atoms with Crippen molar-refractivity contribution in [1.82, 2.24) is 4.72 Å². The van der Waals surface area contributed by atoms with Crippen LogP contribution in [0.3, 0.4) is 0 Å². The van der Waals surface area contributed by atoms with Gasteiger partial charge in [0.1, 0.15) is 5.82 Å². The van der Waals surface area contributed by atoms with E-state index in [9.17, 15) is 12.8 Å². The second kappa shape index (κ2) is 7.00. The van der Waals surface area contributed by atoms with Crippen molar-refractivity contribution in [3.8, 4) is 0 Å². The van der Waals surface area contributed by atoms with Gasteiger partial charge in [-0.3, -0.25) is 0 Å². The van der Waals surface area contributed by atoms with E-state index in [2.05, 4.69) is 4.72 Å². The van der Waals surface area contributed by atoms with Gasteiger partial charge in [0, 0.05) is 6.54 Å². The normalized spacial score (nSPS) is 11.6. The standard InChI is InChI=1S/C16H18FNO3S/c1-12-10-15(17)6-7-16(12)22(20,21)18-9-8-13-2-4-14(11-19)5-3-13/h2-7,10,18-19H,8-9,11H2,1H3. The van der Waals surface area contributed by atoms with Gasteiger partial charge in [-0.25, -0.2) is 17.5 Å². The van der Waals surface area contributed by atoms with Crippen molar-refractivity contribution in [2.45, 2.75) is 24.8 Å². The van der Waals surface area contributed by atoms with Crippen LogP contribution >= 0.6 is 0 Å². The molecule has 0 saturated heterocycles. The molecule has 0 atom stereocenters. The van der Waals surface area contributed by atoms with Crippen LogP contribution in [0.5, 0.6) is 0 Å². The van der Waals surface area contributed by atoms with Gasteiger partial charge in [-0.2, -0.15) is 0 Å². The number of aryl methyl sites for hydroxylation is 1. The van der Waals surface area contributed by atoms with Crippen LogP contribution in [0.15, 0.2) is 47.4 Å². The summed E-state index contributed by atoms with van der Waals surface area (Å²) in [6, 6.07) is 10.9. The molecule has 0 saturated carbocycles. The van der Waals surface area contributed by atoms with Crippen LogP contribution in [0, 0.1) is 12.7 Å². The summed E-state index contributed by atoms with van der Waals surface area (Å²) in [6.45, 7) is 1.79.